The standard InChI is InChI=1S/C16H19NO4/c1-16(2)8-13(18)15(14(19)9-16)12(10-17(20)21)11-6-4-3-5-7-11/h3-7,12,15H,8-10H2,1-2H3. The highest BCUT2D eigenvalue weighted by Gasteiger charge is 2.45. The van der Waals surface area contributed by atoms with Gasteiger partial charge in [-0.1, -0.05) is 44.2 Å². The van der Waals surface area contributed by atoms with Crippen LogP contribution in [0, 0.1) is 21.4 Å². The van der Waals surface area contributed by atoms with Gasteiger partial charge in [0.25, 0.3) is 0 Å². The van der Waals surface area contributed by atoms with Gasteiger partial charge in [-0.15, -0.1) is 0 Å². The van der Waals surface area contributed by atoms with E-state index in [0.29, 0.717) is 18.4 Å². The molecule has 0 amide bonds. The van der Waals surface area contributed by atoms with Crippen molar-refractivity contribution in [2.75, 3.05) is 6.54 Å². The Labute approximate surface area is 123 Å². The van der Waals surface area contributed by atoms with Crippen molar-refractivity contribution >= 4 is 11.6 Å². The Bertz CT molecular complexity index is 545. The summed E-state index contributed by atoms with van der Waals surface area (Å²) in [6.45, 7) is 3.36. The van der Waals surface area contributed by atoms with Crippen LogP contribution < -0.4 is 0 Å². The maximum Gasteiger partial charge on any atom is 0.211 e. The van der Waals surface area contributed by atoms with Crippen molar-refractivity contribution in [2.45, 2.75) is 32.6 Å². The highest BCUT2D eigenvalue weighted by molar-refractivity contribution is 6.06. The van der Waals surface area contributed by atoms with E-state index in [9.17, 15) is 19.7 Å². The summed E-state index contributed by atoms with van der Waals surface area (Å²) in [7, 11) is 0. The van der Waals surface area contributed by atoms with Crippen LogP contribution >= 0.6 is 0 Å². The fraction of sp³-hybridized carbons (Fsp3) is 0.500. The number of hydrogen-bond acceptors (Lipinski definition) is 4. The van der Waals surface area contributed by atoms with Gasteiger partial charge in [0, 0.05) is 17.8 Å². The van der Waals surface area contributed by atoms with E-state index in [1.165, 1.54) is 0 Å². The molecule has 112 valence electrons. The largest absolute Gasteiger partial charge is 0.299 e. The summed E-state index contributed by atoms with van der Waals surface area (Å²) in [6, 6.07) is 8.83. The zero-order chi connectivity index (χ0) is 15.6. The number of carbonyl (C=O) groups is 2. The smallest absolute Gasteiger partial charge is 0.211 e. The summed E-state index contributed by atoms with van der Waals surface area (Å²) in [4.78, 5) is 35.2. The fourth-order valence-electron chi connectivity index (χ4n) is 3.12. The molecule has 2 rings (SSSR count). The number of benzene rings is 1. The molecular formula is C16H19NO4. The molecule has 0 spiro atoms. The average Bonchev–Trinajstić information content (AvgIpc) is 2.36. The highest BCUT2D eigenvalue weighted by Crippen LogP contribution is 2.39. The van der Waals surface area contributed by atoms with Gasteiger partial charge in [0.15, 0.2) is 0 Å². The van der Waals surface area contributed by atoms with Crippen LogP contribution in [-0.4, -0.2) is 23.0 Å². The molecule has 1 aliphatic rings. The quantitative estimate of drug-likeness (QED) is 0.485. The van der Waals surface area contributed by atoms with Crippen molar-refractivity contribution in [2.24, 2.45) is 11.3 Å². The van der Waals surface area contributed by atoms with E-state index in [2.05, 4.69) is 0 Å². The molecule has 5 heteroatoms. The normalized spacial score (nSPS) is 20.3. The topological polar surface area (TPSA) is 77.3 Å². The minimum atomic E-state index is -0.883. The van der Waals surface area contributed by atoms with E-state index in [4.69, 9.17) is 0 Å². The number of nitro groups is 1. The van der Waals surface area contributed by atoms with Gasteiger partial charge in [0.2, 0.25) is 6.54 Å². The second kappa shape index (κ2) is 5.76. The van der Waals surface area contributed by atoms with E-state index >= 15 is 0 Å². The lowest BCUT2D eigenvalue weighted by Crippen LogP contribution is -2.42. The first-order chi connectivity index (χ1) is 9.80. The van der Waals surface area contributed by atoms with Gasteiger partial charge in [-0.05, 0) is 11.0 Å². The Morgan fingerprint density at radius 3 is 2.19 bits per heavy atom. The Kier molecular flexibility index (Phi) is 4.21. The molecule has 5 nitrogen and oxygen atoms in total. The predicted octanol–water partition coefficient (Wildman–Crippen LogP) is 2.62. The van der Waals surface area contributed by atoms with E-state index in [0.717, 1.165) is 0 Å². The van der Waals surface area contributed by atoms with Crippen LogP contribution in [0.25, 0.3) is 0 Å². The lowest BCUT2D eigenvalue weighted by atomic mass is 9.66. The number of carbonyl (C=O) groups excluding carboxylic acids is 2. The summed E-state index contributed by atoms with van der Waals surface area (Å²) in [5, 5.41) is 10.9. The van der Waals surface area contributed by atoms with Crippen LogP contribution in [0.5, 0.6) is 0 Å². The second-order valence-corrected chi connectivity index (χ2v) is 6.46. The van der Waals surface area contributed by atoms with Gasteiger partial charge >= 0.3 is 0 Å². The predicted molar refractivity (Wildman–Crippen MR) is 77.6 cm³/mol. The van der Waals surface area contributed by atoms with E-state index in [1.807, 2.05) is 13.8 Å². The summed E-state index contributed by atoms with van der Waals surface area (Å²) in [5.74, 6) is -1.90. The first-order valence-corrected chi connectivity index (χ1v) is 7.02. The third-order valence-electron chi connectivity index (χ3n) is 3.98. The van der Waals surface area contributed by atoms with Gasteiger partial charge in [0.05, 0.1) is 11.8 Å². The van der Waals surface area contributed by atoms with Crippen LogP contribution in [0.15, 0.2) is 30.3 Å². The summed E-state index contributed by atoms with van der Waals surface area (Å²) in [6.07, 6.45) is 0.592. The van der Waals surface area contributed by atoms with Crippen LogP contribution in [0.3, 0.4) is 0 Å². The fourth-order valence-corrected chi connectivity index (χ4v) is 3.12. The molecule has 0 heterocycles. The van der Waals surface area contributed by atoms with Gasteiger partial charge in [-0.3, -0.25) is 19.7 Å². The third-order valence-corrected chi connectivity index (χ3v) is 3.98. The number of hydrogen-bond donors (Lipinski definition) is 0. The molecule has 0 bridgehead atoms. The molecule has 1 aliphatic carbocycles. The van der Waals surface area contributed by atoms with Gasteiger partial charge < -0.3 is 0 Å². The molecule has 1 saturated carbocycles. The van der Waals surface area contributed by atoms with Crippen LogP contribution in [0.2, 0.25) is 0 Å². The summed E-state index contributed by atoms with van der Waals surface area (Å²) < 4.78 is 0. The average molecular weight is 289 g/mol. The van der Waals surface area contributed by atoms with Gasteiger partial charge in [-0.25, -0.2) is 0 Å². The van der Waals surface area contributed by atoms with Crippen LogP contribution in [0.4, 0.5) is 0 Å². The van der Waals surface area contributed by atoms with Crippen molar-refractivity contribution in [3.63, 3.8) is 0 Å². The first kappa shape index (κ1) is 15.4. The minimum absolute atomic E-state index is 0.174. The minimum Gasteiger partial charge on any atom is -0.299 e. The van der Waals surface area contributed by atoms with Crippen LogP contribution in [0.1, 0.15) is 38.2 Å². The van der Waals surface area contributed by atoms with Crippen molar-refractivity contribution in [3.8, 4) is 0 Å². The molecule has 0 radical (unpaired) electrons. The van der Waals surface area contributed by atoms with Crippen molar-refractivity contribution in [1.29, 1.82) is 0 Å². The molecule has 1 aromatic carbocycles. The maximum atomic E-state index is 12.4. The molecule has 1 atom stereocenters. The van der Waals surface area contributed by atoms with Crippen molar-refractivity contribution < 1.29 is 14.5 Å². The molecule has 1 unspecified atom stereocenters. The first-order valence-electron chi connectivity index (χ1n) is 7.02. The zero-order valence-electron chi connectivity index (χ0n) is 12.2. The maximum absolute atomic E-state index is 12.4. The number of ketones is 2. The van der Waals surface area contributed by atoms with Crippen molar-refractivity contribution in [3.05, 3.63) is 46.0 Å². The molecular weight excluding hydrogens is 270 g/mol. The third kappa shape index (κ3) is 3.54. The molecule has 0 aromatic heterocycles. The molecule has 21 heavy (non-hydrogen) atoms. The highest BCUT2D eigenvalue weighted by atomic mass is 16.6. The second-order valence-electron chi connectivity index (χ2n) is 6.46. The van der Waals surface area contributed by atoms with E-state index in [1.54, 1.807) is 30.3 Å². The van der Waals surface area contributed by atoms with E-state index in [-0.39, 0.29) is 17.0 Å². The van der Waals surface area contributed by atoms with Crippen LogP contribution in [-0.2, 0) is 9.59 Å². The SMILES string of the molecule is CC1(C)CC(=O)C(C(C[N+](=O)[O-])c2ccccc2)C(=O)C1. The Morgan fingerprint density at radius 1 is 1.19 bits per heavy atom. The lowest BCUT2D eigenvalue weighted by molar-refractivity contribution is -0.484. The summed E-state index contributed by atoms with van der Waals surface area (Å²) >= 11 is 0. The number of Topliss-reactive ketones (excluding diaryl/α,β-unsaturated/α-hetero) is 2. The Morgan fingerprint density at radius 2 is 1.71 bits per heavy atom. The molecule has 0 aliphatic heterocycles. The number of rotatable bonds is 4. The summed E-state index contributed by atoms with van der Waals surface area (Å²) in [5.41, 5.74) is 0.334. The number of nitrogens with zero attached hydrogens (tertiary/aromatic N) is 1. The monoisotopic (exact) mass is 289 g/mol. The van der Waals surface area contributed by atoms with Crippen molar-refractivity contribution in [1.82, 2.24) is 0 Å². The molecule has 1 fully saturated rings. The zero-order valence-corrected chi connectivity index (χ0v) is 12.2. The molecule has 0 N–H and O–H groups in total. The lowest BCUT2D eigenvalue weighted by Gasteiger charge is -2.34. The van der Waals surface area contributed by atoms with Gasteiger partial charge in [-0.2, -0.15) is 0 Å². The van der Waals surface area contributed by atoms with E-state index < -0.39 is 23.3 Å². The Balaban J connectivity index is 2.35. The molecule has 1 aromatic rings. The van der Waals surface area contributed by atoms with Gasteiger partial charge in [0.1, 0.15) is 11.6 Å². The Hall–Kier alpha value is -2.04. The molecule has 0 saturated heterocycles.